The van der Waals surface area contributed by atoms with Crippen molar-refractivity contribution in [3.63, 3.8) is 0 Å². The van der Waals surface area contributed by atoms with Gasteiger partial charge in [-0.05, 0) is 24.4 Å². The summed E-state index contributed by atoms with van der Waals surface area (Å²) < 4.78 is 0. The zero-order valence-electron chi connectivity index (χ0n) is 7.39. The predicted molar refractivity (Wildman–Crippen MR) is 50.5 cm³/mol. The molecule has 3 heteroatoms. The second-order valence-corrected chi connectivity index (χ2v) is 3.68. The van der Waals surface area contributed by atoms with Gasteiger partial charge in [0, 0.05) is 13.1 Å². The fourth-order valence-corrected chi connectivity index (χ4v) is 1.77. The van der Waals surface area contributed by atoms with E-state index < -0.39 is 0 Å². The molecule has 0 aromatic carbocycles. The first kappa shape index (κ1) is 9.85. The van der Waals surface area contributed by atoms with Crippen molar-refractivity contribution in [3.05, 3.63) is 0 Å². The Hall–Kier alpha value is -0.240. The molecule has 1 saturated heterocycles. The van der Waals surface area contributed by atoms with E-state index in [9.17, 15) is 4.79 Å². The molecule has 1 aliphatic heterocycles. The van der Waals surface area contributed by atoms with E-state index >= 15 is 0 Å². The van der Waals surface area contributed by atoms with Crippen molar-refractivity contribution in [2.45, 2.75) is 38.5 Å². The van der Waals surface area contributed by atoms with E-state index in [-0.39, 0.29) is 5.37 Å². The highest BCUT2D eigenvalue weighted by Crippen LogP contribution is 2.12. The minimum atomic E-state index is -0.281. The largest absolute Gasteiger partial charge is 0.329 e. The van der Waals surface area contributed by atoms with Gasteiger partial charge in [-0.3, -0.25) is 4.79 Å². The van der Waals surface area contributed by atoms with E-state index in [4.69, 9.17) is 11.6 Å². The van der Waals surface area contributed by atoms with Gasteiger partial charge in [-0.25, -0.2) is 0 Å². The topological polar surface area (TPSA) is 20.3 Å². The number of nitrogens with zero attached hydrogens (tertiary/aromatic N) is 1. The molecule has 0 spiro atoms. The van der Waals surface area contributed by atoms with E-state index in [1.165, 1.54) is 25.7 Å². The van der Waals surface area contributed by atoms with Crippen LogP contribution in [0.3, 0.4) is 0 Å². The SMILES string of the molecule is O=C(Cl)N1CCCCCCCC1. The van der Waals surface area contributed by atoms with Crippen molar-refractivity contribution in [3.8, 4) is 0 Å². The summed E-state index contributed by atoms with van der Waals surface area (Å²) in [4.78, 5) is 12.6. The van der Waals surface area contributed by atoms with Gasteiger partial charge < -0.3 is 4.90 Å². The maximum absolute atomic E-state index is 10.9. The number of amides is 1. The molecule has 1 amide bonds. The Morgan fingerprint density at radius 1 is 0.917 bits per heavy atom. The molecule has 1 heterocycles. The average molecular weight is 190 g/mol. The highest BCUT2D eigenvalue weighted by Gasteiger charge is 2.10. The van der Waals surface area contributed by atoms with Crippen LogP contribution in [0.1, 0.15) is 38.5 Å². The molecule has 0 bridgehead atoms. The van der Waals surface area contributed by atoms with Crippen LogP contribution in [-0.2, 0) is 0 Å². The lowest BCUT2D eigenvalue weighted by Gasteiger charge is -2.17. The standard InChI is InChI=1S/C9H16ClNO/c10-9(12)11-7-5-3-1-2-4-6-8-11/h1-8H2. The molecule has 1 rings (SSSR count). The third-order valence-electron chi connectivity index (χ3n) is 2.35. The van der Waals surface area contributed by atoms with Crippen LogP contribution < -0.4 is 0 Å². The molecule has 0 aliphatic carbocycles. The van der Waals surface area contributed by atoms with Crippen LogP contribution in [-0.4, -0.2) is 23.4 Å². The Kier molecular flexibility index (Phi) is 4.44. The number of hydrogen-bond acceptors (Lipinski definition) is 1. The molecule has 0 aromatic rings. The summed E-state index contributed by atoms with van der Waals surface area (Å²) in [7, 11) is 0. The number of carbonyl (C=O) groups excluding carboxylic acids is 1. The summed E-state index contributed by atoms with van der Waals surface area (Å²) in [5.41, 5.74) is 0. The Morgan fingerprint density at radius 3 is 1.75 bits per heavy atom. The molecule has 70 valence electrons. The van der Waals surface area contributed by atoms with Crippen LogP contribution >= 0.6 is 11.6 Å². The minimum absolute atomic E-state index is 0.281. The molecule has 0 atom stereocenters. The van der Waals surface area contributed by atoms with Crippen molar-refractivity contribution in [1.82, 2.24) is 4.90 Å². The van der Waals surface area contributed by atoms with Gasteiger partial charge in [0.15, 0.2) is 0 Å². The van der Waals surface area contributed by atoms with Gasteiger partial charge in [0.25, 0.3) is 0 Å². The smallest absolute Gasteiger partial charge is 0.316 e. The van der Waals surface area contributed by atoms with E-state index in [1.54, 1.807) is 4.90 Å². The zero-order valence-corrected chi connectivity index (χ0v) is 8.15. The minimum Gasteiger partial charge on any atom is -0.329 e. The van der Waals surface area contributed by atoms with Crippen LogP contribution in [0.25, 0.3) is 0 Å². The highest BCUT2D eigenvalue weighted by molar-refractivity contribution is 6.62. The van der Waals surface area contributed by atoms with Gasteiger partial charge in [0.1, 0.15) is 0 Å². The first-order valence-corrected chi connectivity index (χ1v) is 5.13. The Morgan fingerprint density at radius 2 is 1.33 bits per heavy atom. The fraction of sp³-hybridized carbons (Fsp3) is 0.889. The van der Waals surface area contributed by atoms with Gasteiger partial charge in [-0.15, -0.1) is 0 Å². The fourth-order valence-electron chi connectivity index (χ4n) is 1.60. The number of hydrogen-bond donors (Lipinski definition) is 0. The van der Waals surface area contributed by atoms with Crippen LogP contribution in [0.5, 0.6) is 0 Å². The third kappa shape index (κ3) is 3.44. The van der Waals surface area contributed by atoms with Crippen molar-refractivity contribution in [2.24, 2.45) is 0 Å². The second-order valence-electron chi connectivity index (χ2n) is 3.36. The Balaban J connectivity index is 2.33. The lowest BCUT2D eigenvalue weighted by molar-refractivity contribution is 0.220. The predicted octanol–water partition coefficient (Wildman–Crippen LogP) is 3.00. The average Bonchev–Trinajstić information content (AvgIpc) is 2.15. The van der Waals surface area contributed by atoms with Gasteiger partial charge in [0.05, 0.1) is 0 Å². The number of halogens is 1. The Labute approximate surface area is 78.9 Å². The van der Waals surface area contributed by atoms with Gasteiger partial charge >= 0.3 is 5.37 Å². The lowest BCUT2D eigenvalue weighted by Crippen LogP contribution is -2.28. The molecule has 1 fully saturated rings. The molecule has 0 N–H and O–H groups in total. The zero-order chi connectivity index (χ0) is 8.81. The Bertz CT molecular complexity index is 139. The van der Waals surface area contributed by atoms with Crippen LogP contribution in [0.2, 0.25) is 0 Å². The number of rotatable bonds is 0. The van der Waals surface area contributed by atoms with Gasteiger partial charge in [-0.2, -0.15) is 0 Å². The quantitative estimate of drug-likeness (QED) is 0.424. The van der Waals surface area contributed by atoms with Crippen molar-refractivity contribution in [2.75, 3.05) is 13.1 Å². The van der Waals surface area contributed by atoms with Crippen molar-refractivity contribution >= 4 is 17.0 Å². The van der Waals surface area contributed by atoms with E-state index in [1.807, 2.05) is 0 Å². The van der Waals surface area contributed by atoms with Crippen LogP contribution in [0.4, 0.5) is 4.79 Å². The molecule has 0 aromatic heterocycles. The van der Waals surface area contributed by atoms with E-state index in [0.717, 1.165) is 25.9 Å². The maximum atomic E-state index is 10.9. The molecule has 0 unspecified atom stereocenters. The molecular weight excluding hydrogens is 174 g/mol. The van der Waals surface area contributed by atoms with Crippen molar-refractivity contribution < 1.29 is 4.79 Å². The molecular formula is C9H16ClNO. The molecule has 12 heavy (non-hydrogen) atoms. The second kappa shape index (κ2) is 5.41. The summed E-state index contributed by atoms with van der Waals surface area (Å²) in [6.45, 7) is 1.70. The number of carbonyl (C=O) groups is 1. The first-order chi connectivity index (χ1) is 5.80. The van der Waals surface area contributed by atoms with Crippen molar-refractivity contribution in [1.29, 1.82) is 0 Å². The highest BCUT2D eigenvalue weighted by atomic mass is 35.5. The van der Waals surface area contributed by atoms with E-state index in [2.05, 4.69) is 0 Å². The molecule has 1 aliphatic rings. The van der Waals surface area contributed by atoms with Gasteiger partial charge in [0.2, 0.25) is 0 Å². The summed E-state index contributed by atoms with van der Waals surface area (Å²) in [5, 5.41) is -0.281. The van der Waals surface area contributed by atoms with Gasteiger partial charge in [-0.1, -0.05) is 25.7 Å². The molecule has 2 nitrogen and oxygen atoms in total. The van der Waals surface area contributed by atoms with Crippen LogP contribution in [0, 0.1) is 0 Å². The lowest BCUT2D eigenvalue weighted by atomic mass is 10.1. The third-order valence-corrected chi connectivity index (χ3v) is 2.59. The summed E-state index contributed by atoms with van der Waals surface area (Å²) in [6, 6.07) is 0. The summed E-state index contributed by atoms with van der Waals surface area (Å²) in [5.74, 6) is 0. The monoisotopic (exact) mass is 189 g/mol. The summed E-state index contributed by atoms with van der Waals surface area (Å²) in [6.07, 6.45) is 7.31. The van der Waals surface area contributed by atoms with E-state index in [0.29, 0.717) is 0 Å². The molecule has 0 saturated carbocycles. The maximum Gasteiger partial charge on any atom is 0.316 e. The molecule has 0 radical (unpaired) electrons. The first-order valence-electron chi connectivity index (χ1n) is 4.75. The normalized spacial score (nSPS) is 20.9. The van der Waals surface area contributed by atoms with Crippen LogP contribution in [0.15, 0.2) is 0 Å². The summed E-state index contributed by atoms with van der Waals surface area (Å²) >= 11 is 5.42.